The first kappa shape index (κ1) is 11.0. The fourth-order valence-corrected chi connectivity index (χ4v) is 1.53. The van der Waals surface area contributed by atoms with Crippen molar-refractivity contribution in [2.45, 2.75) is 18.4 Å². The molecule has 1 aromatic rings. The van der Waals surface area contributed by atoms with Gasteiger partial charge in [-0.15, -0.1) is 0 Å². The maximum atomic E-state index is 11.8. The molecule has 4 heteroatoms. The predicted octanol–water partition coefficient (Wildman–Crippen LogP) is 0.950. The molecule has 2 N–H and O–H groups in total. The standard InChI is InChI=1S/C12H15NO3/c1-16-10-4-2-9(3-5-10)11(15)13-12(8-14)6-7-12/h2-5,14H,6-8H2,1H3,(H,13,15). The number of aliphatic hydroxyl groups excluding tert-OH is 1. The van der Waals surface area contributed by atoms with E-state index in [1.165, 1.54) is 0 Å². The van der Waals surface area contributed by atoms with Crippen LogP contribution in [0.5, 0.6) is 5.75 Å². The summed E-state index contributed by atoms with van der Waals surface area (Å²) in [6.45, 7) is 0.00882. The molecule has 0 aliphatic heterocycles. The summed E-state index contributed by atoms with van der Waals surface area (Å²) < 4.78 is 5.01. The Morgan fingerprint density at radius 3 is 2.50 bits per heavy atom. The number of nitrogens with one attached hydrogen (secondary N) is 1. The molecule has 0 unspecified atom stereocenters. The van der Waals surface area contributed by atoms with E-state index in [2.05, 4.69) is 5.32 Å². The Balaban J connectivity index is 2.03. The topological polar surface area (TPSA) is 58.6 Å². The fourth-order valence-electron chi connectivity index (χ4n) is 1.53. The lowest BCUT2D eigenvalue weighted by molar-refractivity contribution is 0.0907. The van der Waals surface area contributed by atoms with Crippen molar-refractivity contribution in [2.24, 2.45) is 0 Å². The largest absolute Gasteiger partial charge is 0.497 e. The first-order chi connectivity index (χ1) is 7.69. The van der Waals surface area contributed by atoms with Crippen LogP contribution in [0, 0.1) is 0 Å². The van der Waals surface area contributed by atoms with Crippen LogP contribution in [-0.2, 0) is 0 Å². The van der Waals surface area contributed by atoms with Gasteiger partial charge in [-0.3, -0.25) is 4.79 Å². The summed E-state index contributed by atoms with van der Waals surface area (Å²) in [4.78, 5) is 11.8. The Hall–Kier alpha value is -1.55. The second-order valence-corrected chi connectivity index (χ2v) is 4.12. The van der Waals surface area contributed by atoms with Crippen molar-refractivity contribution >= 4 is 5.91 Å². The fraction of sp³-hybridized carbons (Fsp3) is 0.417. The molecule has 16 heavy (non-hydrogen) atoms. The molecule has 1 amide bonds. The molecule has 1 aliphatic rings. The van der Waals surface area contributed by atoms with Gasteiger partial charge in [0.05, 0.1) is 19.3 Å². The van der Waals surface area contributed by atoms with Gasteiger partial charge in [0.25, 0.3) is 5.91 Å². The van der Waals surface area contributed by atoms with Gasteiger partial charge in [-0.1, -0.05) is 0 Å². The van der Waals surface area contributed by atoms with Gasteiger partial charge in [0, 0.05) is 5.56 Å². The number of ether oxygens (including phenoxy) is 1. The molecule has 0 radical (unpaired) electrons. The molecule has 4 nitrogen and oxygen atoms in total. The number of hydrogen-bond acceptors (Lipinski definition) is 3. The number of amides is 1. The third-order valence-corrected chi connectivity index (χ3v) is 2.89. The number of methoxy groups -OCH3 is 1. The summed E-state index contributed by atoms with van der Waals surface area (Å²) in [7, 11) is 1.58. The summed E-state index contributed by atoms with van der Waals surface area (Å²) in [5, 5.41) is 11.9. The normalized spacial score (nSPS) is 16.6. The quantitative estimate of drug-likeness (QED) is 0.795. The number of rotatable bonds is 4. The highest BCUT2D eigenvalue weighted by atomic mass is 16.5. The average molecular weight is 221 g/mol. The lowest BCUT2D eigenvalue weighted by atomic mass is 10.2. The lowest BCUT2D eigenvalue weighted by Gasteiger charge is -2.14. The Kier molecular flexibility index (Phi) is 2.83. The highest BCUT2D eigenvalue weighted by Crippen LogP contribution is 2.34. The highest BCUT2D eigenvalue weighted by molar-refractivity contribution is 5.95. The van der Waals surface area contributed by atoms with Crippen molar-refractivity contribution < 1.29 is 14.6 Å². The molecular formula is C12H15NO3. The molecule has 86 valence electrons. The number of carbonyl (C=O) groups excluding carboxylic acids is 1. The molecule has 1 aliphatic carbocycles. The molecule has 0 saturated heterocycles. The van der Waals surface area contributed by atoms with Crippen molar-refractivity contribution in [1.29, 1.82) is 0 Å². The number of benzene rings is 1. The van der Waals surface area contributed by atoms with E-state index < -0.39 is 0 Å². The first-order valence-corrected chi connectivity index (χ1v) is 5.26. The smallest absolute Gasteiger partial charge is 0.251 e. The highest BCUT2D eigenvalue weighted by Gasteiger charge is 2.43. The van der Waals surface area contributed by atoms with Crippen molar-refractivity contribution in [3.63, 3.8) is 0 Å². The van der Waals surface area contributed by atoms with Crippen LogP contribution in [0.1, 0.15) is 23.2 Å². The van der Waals surface area contributed by atoms with E-state index in [1.807, 2.05) is 0 Å². The van der Waals surface area contributed by atoms with Crippen LogP contribution in [0.25, 0.3) is 0 Å². The molecule has 0 spiro atoms. The van der Waals surface area contributed by atoms with Crippen LogP contribution in [0.3, 0.4) is 0 Å². The van der Waals surface area contributed by atoms with Crippen LogP contribution in [-0.4, -0.2) is 30.3 Å². The van der Waals surface area contributed by atoms with Crippen molar-refractivity contribution in [3.05, 3.63) is 29.8 Å². The van der Waals surface area contributed by atoms with E-state index in [0.29, 0.717) is 5.56 Å². The van der Waals surface area contributed by atoms with Crippen LogP contribution in [0.4, 0.5) is 0 Å². The van der Waals surface area contributed by atoms with Gasteiger partial charge in [-0.05, 0) is 37.1 Å². The van der Waals surface area contributed by atoms with Gasteiger partial charge >= 0.3 is 0 Å². The first-order valence-electron chi connectivity index (χ1n) is 5.26. The summed E-state index contributed by atoms with van der Waals surface area (Å²) in [5.74, 6) is 0.578. The van der Waals surface area contributed by atoms with E-state index in [9.17, 15) is 4.79 Å². The van der Waals surface area contributed by atoms with Gasteiger partial charge in [0.2, 0.25) is 0 Å². The molecule has 2 rings (SSSR count). The maximum absolute atomic E-state index is 11.8. The minimum Gasteiger partial charge on any atom is -0.497 e. The van der Waals surface area contributed by atoms with Crippen LogP contribution < -0.4 is 10.1 Å². The van der Waals surface area contributed by atoms with Gasteiger partial charge in [0.15, 0.2) is 0 Å². The van der Waals surface area contributed by atoms with E-state index in [4.69, 9.17) is 9.84 Å². The van der Waals surface area contributed by atoms with E-state index >= 15 is 0 Å². The molecule has 0 heterocycles. The zero-order valence-corrected chi connectivity index (χ0v) is 9.19. The predicted molar refractivity (Wildman–Crippen MR) is 59.5 cm³/mol. The third kappa shape index (κ3) is 2.17. The van der Waals surface area contributed by atoms with Crippen LogP contribution in [0.15, 0.2) is 24.3 Å². The van der Waals surface area contributed by atoms with Crippen LogP contribution in [0.2, 0.25) is 0 Å². The van der Waals surface area contributed by atoms with Gasteiger partial charge in [-0.2, -0.15) is 0 Å². The van der Waals surface area contributed by atoms with Crippen molar-refractivity contribution in [1.82, 2.24) is 5.32 Å². The Bertz CT molecular complexity index is 382. The summed E-state index contributed by atoms with van der Waals surface area (Å²) >= 11 is 0. The molecule has 0 bridgehead atoms. The minimum absolute atomic E-state index is 0.00882. The molecule has 0 atom stereocenters. The number of carbonyl (C=O) groups is 1. The van der Waals surface area contributed by atoms with Gasteiger partial charge < -0.3 is 15.2 Å². The maximum Gasteiger partial charge on any atom is 0.251 e. The zero-order valence-electron chi connectivity index (χ0n) is 9.19. The van der Waals surface area contributed by atoms with E-state index in [1.54, 1.807) is 31.4 Å². The Morgan fingerprint density at radius 1 is 1.44 bits per heavy atom. The number of hydrogen-bond donors (Lipinski definition) is 2. The van der Waals surface area contributed by atoms with Crippen LogP contribution >= 0.6 is 0 Å². The third-order valence-electron chi connectivity index (χ3n) is 2.89. The Morgan fingerprint density at radius 2 is 2.06 bits per heavy atom. The second kappa shape index (κ2) is 4.14. The number of aliphatic hydroxyl groups is 1. The van der Waals surface area contributed by atoms with E-state index in [-0.39, 0.29) is 18.1 Å². The molecule has 1 aromatic carbocycles. The summed E-state index contributed by atoms with van der Waals surface area (Å²) in [6, 6.07) is 6.91. The molecular weight excluding hydrogens is 206 g/mol. The zero-order chi connectivity index (χ0) is 11.6. The molecule has 0 aromatic heterocycles. The van der Waals surface area contributed by atoms with Gasteiger partial charge in [0.1, 0.15) is 5.75 Å². The average Bonchev–Trinajstić information content (AvgIpc) is 3.09. The molecule has 1 fully saturated rings. The van der Waals surface area contributed by atoms with Gasteiger partial charge in [-0.25, -0.2) is 0 Å². The summed E-state index contributed by atoms with van der Waals surface area (Å²) in [6.07, 6.45) is 1.71. The lowest BCUT2D eigenvalue weighted by Crippen LogP contribution is -2.39. The second-order valence-electron chi connectivity index (χ2n) is 4.12. The van der Waals surface area contributed by atoms with Crippen molar-refractivity contribution in [2.75, 3.05) is 13.7 Å². The monoisotopic (exact) mass is 221 g/mol. The SMILES string of the molecule is COc1ccc(C(=O)NC2(CO)CC2)cc1. The summed E-state index contributed by atoms with van der Waals surface area (Å²) in [5.41, 5.74) is 0.220. The van der Waals surface area contributed by atoms with Crippen molar-refractivity contribution in [3.8, 4) is 5.75 Å². The van der Waals surface area contributed by atoms with E-state index in [0.717, 1.165) is 18.6 Å². The minimum atomic E-state index is -0.364. The molecule has 1 saturated carbocycles. The Labute approximate surface area is 94.2 Å².